The maximum atomic E-state index is 11.0. The predicted octanol–water partition coefficient (Wildman–Crippen LogP) is -0.410. The summed E-state index contributed by atoms with van der Waals surface area (Å²) in [5, 5.41) is 0. The van der Waals surface area contributed by atoms with Gasteiger partial charge in [-0.2, -0.15) is 0 Å². The number of hydrogen-bond donors (Lipinski definition) is 0. The molecular weight excluding hydrogens is 146 g/mol. The fourth-order valence-electron chi connectivity index (χ4n) is 1.64. The predicted molar refractivity (Wildman–Crippen MR) is 36.9 cm³/mol. The summed E-state index contributed by atoms with van der Waals surface area (Å²) in [7, 11) is 0. The molecule has 2 atom stereocenters. The van der Waals surface area contributed by atoms with Crippen LogP contribution in [0, 0.1) is 0 Å². The molecule has 0 N–H and O–H groups in total. The lowest BCUT2D eigenvalue weighted by molar-refractivity contribution is -0.146. The van der Waals surface area contributed by atoms with Crippen LogP contribution in [0.3, 0.4) is 0 Å². The summed E-state index contributed by atoms with van der Waals surface area (Å²) < 4.78 is 10.5. The van der Waals surface area contributed by atoms with Crippen molar-refractivity contribution in [1.29, 1.82) is 0 Å². The Bertz CT molecular complexity index is 167. The first-order valence-corrected chi connectivity index (χ1v) is 3.77. The SMILES string of the molecule is CC(=O)N1C2COC[C@@H]1CO2. The molecule has 0 radical (unpaired) electrons. The van der Waals surface area contributed by atoms with E-state index in [2.05, 4.69) is 0 Å². The highest BCUT2D eigenvalue weighted by atomic mass is 16.6. The van der Waals surface area contributed by atoms with Crippen LogP contribution >= 0.6 is 0 Å². The van der Waals surface area contributed by atoms with Crippen LogP contribution in [0.5, 0.6) is 0 Å². The Morgan fingerprint density at radius 3 is 2.82 bits per heavy atom. The Hall–Kier alpha value is -0.610. The molecule has 0 aromatic carbocycles. The number of nitrogens with zero attached hydrogens (tertiary/aromatic N) is 1. The number of ether oxygens (including phenoxy) is 2. The van der Waals surface area contributed by atoms with Gasteiger partial charge < -0.3 is 14.4 Å². The van der Waals surface area contributed by atoms with Gasteiger partial charge in [0.15, 0.2) is 6.23 Å². The number of amides is 1. The van der Waals surface area contributed by atoms with Crippen LogP contribution in [-0.4, -0.2) is 42.9 Å². The standard InChI is InChI=1S/C7H11NO3/c1-5(9)8-6-2-10-4-7(8)11-3-6/h6-7H,2-4H2,1H3/t6-,7?/m1/s1. The van der Waals surface area contributed by atoms with Crippen molar-refractivity contribution in [3.05, 3.63) is 0 Å². The average molecular weight is 157 g/mol. The molecule has 2 heterocycles. The van der Waals surface area contributed by atoms with Crippen molar-refractivity contribution < 1.29 is 14.3 Å². The first-order valence-electron chi connectivity index (χ1n) is 3.77. The van der Waals surface area contributed by atoms with Gasteiger partial charge in [-0.1, -0.05) is 0 Å². The monoisotopic (exact) mass is 157 g/mol. The molecule has 4 nitrogen and oxygen atoms in total. The lowest BCUT2D eigenvalue weighted by Gasteiger charge is -2.31. The Kier molecular flexibility index (Phi) is 1.58. The molecule has 11 heavy (non-hydrogen) atoms. The zero-order valence-corrected chi connectivity index (χ0v) is 6.45. The maximum absolute atomic E-state index is 11.0. The third-order valence-corrected chi connectivity index (χ3v) is 2.12. The molecule has 62 valence electrons. The molecule has 2 rings (SSSR count). The highest BCUT2D eigenvalue weighted by Crippen LogP contribution is 2.21. The molecular formula is C7H11NO3. The van der Waals surface area contributed by atoms with E-state index >= 15 is 0 Å². The molecule has 2 bridgehead atoms. The van der Waals surface area contributed by atoms with Gasteiger partial charge in [-0.15, -0.1) is 0 Å². The highest BCUT2D eigenvalue weighted by Gasteiger charge is 2.39. The van der Waals surface area contributed by atoms with Crippen LogP contribution in [0.15, 0.2) is 0 Å². The Morgan fingerprint density at radius 2 is 2.27 bits per heavy atom. The van der Waals surface area contributed by atoms with Gasteiger partial charge in [-0.05, 0) is 0 Å². The van der Waals surface area contributed by atoms with Crippen molar-refractivity contribution in [1.82, 2.24) is 4.90 Å². The van der Waals surface area contributed by atoms with Gasteiger partial charge in [-0.3, -0.25) is 4.79 Å². The van der Waals surface area contributed by atoms with E-state index in [9.17, 15) is 4.79 Å². The Morgan fingerprint density at radius 1 is 1.45 bits per heavy atom. The van der Waals surface area contributed by atoms with Crippen LogP contribution in [-0.2, 0) is 14.3 Å². The van der Waals surface area contributed by atoms with Crippen molar-refractivity contribution in [2.24, 2.45) is 0 Å². The van der Waals surface area contributed by atoms with Crippen molar-refractivity contribution in [3.8, 4) is 0 Å². The number of rotatable bonds is 0. The normalized spacial score (nSPS) is 35.9. The van der Waals surface area contributed by atoms with E-state index in [0.29, 0.717) is 19.8 Å². The van der Waals surface area contributed by atoms with Gasteiger partial charge in [-0.25, -0.2) is 0 Å². The highest BCUT2D eigenvalue weighted by molar-refractivity contribution is 5.74. The van der Waals surface area contributed by atoms with Crippen molar-refractivity contribution in [3.63, 3.8) is 0 Å². The summed E-state index contributed by atoms with van der Waals surface area (Å²) in [6.07, 6.45) is -0.119. The van der Waals surface area contributed by atoms with Crippen LogP contribution in [0.1, 0.15) is 6.92 Å². The van der Waals surface area contributed by atoms with E-state index in [-0.39, 0.29) is 18.2 Å². The van der Waals surface area contributed by atoms with Crippen molar-refractivity contribution >= 4 is 5.91 Å². The van der Waals surface area contributed by atoms with E-state index in [1.165, 1.54) is 0 Å². The summed E-state index contributed by atoms with van der Waals surface area (Å²) >= 11 is 0. The van der Waals surface area contributed by atoms with Crippen LogP contribution in [0.2, 0.25) is 0 Å². The third kappa shape index (κ3) is 1.02. The summed E-state index contributed by atoms with van der Waals surface area (Å²) in [5.41, 5.74) is 0. The van der Waals surface area contributed by atoms with Gasteiger partial charge in [0.2, 0.25) is 5.91 Å². The fraction of sp³-hybridized carbons (Fsp3) is 0.857. The summed E-state index contributed by atoms with van der Waals surface area (Å²) in [6, 6.07) is 0.159. The van der Waals surface area contributed by atoms with Crippen LogP contribution in [0.25, 0.3) is 0 Å². The number of carbonyl (C=O) groups excluding carboxylic acids is 1. The molecule has 2 aliphatic rings. The topological polar surface area (TPSA) is 38.8 Å². The second-order valence-corrected chi connectivity index (χ2v) is 2.91. The Labute approximate surface area is 65.1 Å². The molecule has 1 unspecified atom stereocenters. The van der Waals surface area contributed by atoms with Gasteiger partial charge in [0.05, 0.1) is 25.9 Å². The minimum absolute atomic E-state index is 0.0841. The van der Waals surface area contributed by atoms with Gasteiger partial charge in [0.25, 0.3) is 0 Å². The van der Waals surface area contributed by atoms with Crippen LogP contribution < -0.4 is 0 Å². The van der Waals surface area contributed by atoms with E-state index < -0.39 is 0 Å². The number of hydrogen-bond acceptors (Lipinski definition) is 3. The third-order valence-electron chi connectivity index (χ3n) is 2.12. The molecule has 4 heteroatoms. The molecule has 0 aromatic heterocycles. The van der Waals surface area contributed by atoms with E-state index in [1.807, 2.05) is 0 Å². The van der Waals surface area contributed by atoms with E-state index in [1.54, 1.807) is 11.8 Å². The largest absolute Gasteiger partial charge is 0.375 e. The molecule has 2 aliphatic heterocycles. The van der Waals surface area contributed by atoms with Gasteiger partial charge in [0.1, 0.15) is 0 Å². The van der Waals surface area contributed by atoms with E-state index in [0.717, 1.165) is 0 Å². The first kappa shape index (κ1) is 7.06. The summed E-state index contributed by atoms with van der Waals surface area (Å²) in [5.74, 6) is 0.0841. The molecule has 0 saturated carbocycles. The minimum Gasteiger partial charge on any atom is -0.375 e. The lowest BCUT2D eigenvalue weighted by atomic mass is 10.2. The zero-order chi connectivity index (χ0) is 7.84. The minimum atomic E-state index is -0.119. The smallest absolute Gasteiger partial charge is 0.221 e. The quantitative estimate of drug-likeness (QED) is 0.480. The zero-order valence-electron chi connectivity index (χ0n) is 6.45. The van der Waals surface area contributed by atoms with E-state index in [4.69, 9.17) is 9.47 Å². The molecule has 0 spiro atoms. The fourth-order valence-corrected chi connectivity index (χ4v) is 1.64. The number of carbonyl (C=O) groups is 1. The Balaban J connectivity index is 2.15. The molecule has 2 fully saturated rings. The van der Waals surface area contributed by atoms with Gasteiger partial charge >= 0.3 is 0 Å². The maximum Gasteiger partial charge on any atom is 0.221 e. The molecule has 1 amide bonds. The van der Waals surface area contributed by atoms with Crippen molar-refractivity contribution in [2.75, 3.05) is 19.8 Å². The first-order chi connectivity index (χ1) is 5.29. The summed E-state index contributed by atoms with van der Waals surface area (Å²) in [4.78, 5) is 12.8. The summed E-state index contributed by atoms with van der Waals surface area (Å²) in [6.45, 7) is 3.34. The van der Waals surface area contributed by atoms with Crippen LogP contribution in [0.4, 0.5) is 0 Å². The lowest BCUT2D eigenvalue weighted by Crippen LogP contribution is -2.48. The number of fused-ring (bicyclic) bond motifs is 2. The molecule has 0 aliphatic carbocycles. The van der Waals surface area contributed by atoms with Crippen molar-refractivity contribution in [2.45, 2.75) is 19.2 Å². The number of morpholine rings is 1. The van der Waals surface area contributed by atoms with Gasteiger partial charge in [0, 0.05) is 6.92 Å². The second-order valence-electron chi connectivity index (χ2n) is 2.91. The molecule has 0 aromatic rings. The molecule has 2 saturated heterocycles. The second kappa shape index (κ2) is 2.46. The average Bonchev–Trinajstić information content (AvgIpc) is 2.23.